The highest BCUT2D eigenvalue weighted by atomic mass is 19.1. The predicted octanol–water partition coefficient (Wildman–Crippen LogP) is 3.70. The van der Waals surface area contributed by atoms with Crippen molar-refractivity contribution in [2.24, 2.45) is 0 Å². The quantitative estimate of drug-likeness (QED) is 0.810. The van der Waals surface area contributed by atoms with E-state index in [4.69, 9.17) is 9.47 Å². The van der Waals surface area contributed by atoms with Gasteiger partial charge in [-0.05, 0) is 56.4 Å². The minimum absolute atomic E-state index is 0.0618. The van der Waals surface area contributed by atoms with Gasteiger partial charge >= 0.3 is 5.97 Å². The maximum atomic E-state index is 14.8. The third kappa shape index (κ3) is 3.81. The zero-order valence-electron chi connectivity index (χ0n) is 15.8. The molecule has 1 unspecified atom stereocenters. The largest absolute Gasteiger partial charge is 0.469 e. The zero-order chi connectivity index (χ0) is 19.6. The van der Waals surface area contributed by atoms with Crippen molar-refractivity contribution in [3.05, 3.63) is 46.9 Å². The van der Waals surface area contributed by atoms with E-state index in [0.717, 1.165) is 17.5 Å². The number of hydrogen-bond acceptors (Lipinski definition) is 5. The normalized spacial score (nSPS) is 18.6. The van der Waals surface area contributed by atoms with Crippen LogP contribution in [-0.4, -0.2) is 34.9 Å². The molecule has 3 rings (SSSR count). The SMILES string of the molecule is CCOC(=O)c1cc(-c2ccc(CC)cc2F)c2c(n1)OC(C)(CO)CC2. The van der Waals surface area contributed by atoms with Gasteiger partial charge in [0.2, 0.25) is 5.88 Å². The molecule has 6 heteroatoms. The number of rotatable bonds is 5. The minimum Gasteiger partial charge on any atom is -0.469 e. The summed E-state index contributed by atoms with van der Waals surface area (Å²) in [4.78, 5) is 16.5. The zero-order valence-corrected chi connectivity index (χ0v) is 15.8. The molecule has 0 fully saturated rings. The number of aliphatic hydroxyl groups is 1. The summed E-state index contributed by atoms with van der Waals surface area (Å²) in [7, 11) is 0. The van der Waals surface area contributed by atoms with Crippen LogP contribution in [0.5, 0.6) is 5.88 Å². The number of aromatic nitrogens is 1. The Morgan fingerprint density at radius 2 is 2.11 bits per heavy atom. The van der Waals surface area contributed by atoms with Crippen molar-refractivity contribution in [2.75, 3.05) is 13.2 Å². The third-order valence-electron chi connectivity index (χ3n) is 4.88. The molecule has 2 heterocycles. The lowest BCUT2D eigenvalue weighted by Crippen LogP contribution is -2.40. The fourth-order valence-electron chi connectivity index (χ4n) is 3.21. The summed E-state index contributed by atoms with van der Waals surface area (Å²) in [5, 5.41) is 9.62. The molecule has 0 radical (unpaired) electrons. The molecule has 1 aliphatic heterocycles. The Kier molecular flexibility index (Phi) is 5.46. The first-order chi connectivity index (χ1) is 12.9. The smallest absolute Gasteiger partial charge is 0.357 e. The number of esters is 1. The summed E-state index contributed by atoms with van der Waals surface area (Å²) in [6.07, 6.45) is 1.86. The third-order valence-corrected chi connectivity index (χ3v) is 4.88. The molecule has 0 saturated heterocycles. The lowest BCUT2D eigenvalue weighted by atomic mass is 9.89. The number of benzene rings is 1. The van der Waals surface area contributed by atoms with E-state index in [-0.39, 0.29) is 30.6 Å². The second-order valence-corrected chi connectivity index (χ2v) is 6.94. The number of aliphatic hydroxyl groups excluding tert-OH is 1. The maximum absolute atomic E-state index is 14.8. The van der Waals surface area contributed by atoms with E-state index < -0.39 is 11.6 Å². The van der Waals surface area contributed by atoms with Gasteiger partial charge in [-0.15, -0.1) is 0 Å². The van der Waals surface area contributed by atoms with Crippen molar-refractivity contribution < 1.29 is 23.8 Å². The Balaban J connectivity index is 2.16. The highest BCUT2D eigenvalue weighted by Crippen LogP contribution is 2.39. The van der Waals surface area contributed by atoms with E-state index in [1.165, 1.54) is 6.07 Å². The fourth-order valence-corrected chi connectivity index (χ4v) is 3.21. The first-order valence-corrected chi connectivity index (χ1v) is 9.20. The van der Waals surface area contributed by atoms with E-state index in [9.17, 15) is 14.3 Å². The topological polar surface area (TPSA) is 68.7 Å². The van der Waals surface area contributed by atoms with Crippen LogP contribution in [0.25, 0.3) is 11.1 Å². The van der Waals surface area contributed by atoms with Gasteiger partial charge in [0.15, 0.2) is 5.69 Å². The summed E-state index contributed by atoms with van der Waals surface area (Å²) in [6, 6.07) is 6.66. The van der Waals surface area contributed by atoms with Crippen LogP contribution in [0.3, 0.4) is 0 Å². The second-order valence-electron chi connectivity index (χ2n) is 6.94. The van der Waals surface area contributed by atoms with Crippen molar-refractivity contribution in [1.29, 1.82) is 0 Å². The number of halogens is 1. The van der Waals surface area contributed by atoms with Crippen LogP contribution < -0.4 is 4.74 Å². The number of carbonyl (C=O) groups is 1. The van der Waals surface area contributed by atoms with Gasteiger partial charge in [-0.3, -0.25) is 0 Å². The van der Waals surface area contributed by atoms with Gasteiger partial charge in [0.1, 0.15) is 11.4 Å². The van der Waals surface area contributed by atoms with Crippen LogP contribution in [0.2, 0.25) is 0 Å². The number of ether oxygens (including phenoxy) is 2. The lowest BCUT2D eigenvalue weighted by molar-refractivity contribution is 0.00374. The molecule has 1 aliphatic rings. The molecule has 0 amide bonds. The van der Waals surface area contributed by atoms with Crippen molar-refractivity contribution in [1.82, 2.24) is 4.98 Å². The van der Waals surface area contributed by atoms with Crippen LogP contribution in [-0.2, 0) is 17.6 Å². The molecular formula is C21H24FNO4. The van der Waals surface area contributed by atoms with Gasteiger partial charge in [0, 0.05) is 11.1 Å². The molecule has 1 atom stereocenters. The number of fused-ring (bicyclic) bond motifs is 1. The molecule has 0 spiro atoms. The Bertz CT molecular complexity index is 868. The molecule has 0 bridgehead atoms. The first-order valence-electron chi connectivity index (χ1n) is 9.20. The Morgan fingerprint density at radius 3 is 2.74 bits per heavy atom. The van der Waals surface area contributed by atoms with Gasteiger partial charge in [0.05, 0.1) is 13.2 Å². The monoisotopic (exact) mass is 373 g/mol. The van der Waals surface area contributed by atoms with Crippen molar-refractivity contribution in [3.63, 3.8) is 0 Å². The van der Waals surface area contributed by atoms with Crippen LogP contribution in [0.4, 0.5) is 4.39 Å². The van der Waals surface area contributed by atoms with Gasteiger partial charge in [-0.1, -0.05) is 19.1 Å². The Labute approximate surface area is 158 Å². The van der Waals surface area contributed by atoms with Gasteiger partial charge in [-0.2, -0.15) is 0 Å². The summed E-state index contributed by atoms with van der Waals surface area (Å²) < 4.78 is 25.7. The number of nitrogens with zero attached hydrogens (tertiary/aromatic N) is 1. The first kappa shape index (κ1) is 19.3. The minimum atomic E-state index is -0.783. The van der Waals surface area contributed by atoms with Crippen molar-refractivity contribution in [2.45, 2.75) is 45.6 Å². The van der Waals surface area contributed by atoms with E-state index >= 15 is 0 Å². The lowest BCUT2D eigenvalue weighted by Gasteiger charge is -2.34. The molecule has 27 heavy (non-hydrogen) atoms. The fraction of sp³-hybridized carbons (Fsp3) is 0.429. The Morgan fingerprint density at radius 1 is 1.33 bits per heavy atom. The molecular weight excluding hydrogens is 349 g/mol. The molecule has 1 N–H and O–H groups in total. The van der Waals surface area contributed by atoms with Crippen molar-refractivity contribution in [3.8, 4) is 17.0 Å². The van der Waals surface area contributed by atoms with Crippen LogP contribution >= 0.6 is 0 Å². The van der Waals surface area contributed by atoms with E-state index in [1.807, 2.05) is 13.0 Å². The summed E-state index contributed by atoms with van der Waals surface area (Å²) in [6.45, 7) is 5.49. The van der Waals surface area contributed by atoms with Crippen LogP contribution in [0.15, 0.2) is 24.3 Å². The molecule has 0 saturated carbocycles. The number of pyridine rings is 1. The van der Waals surface area contributed by atoms with Gasteiger partial charge in [-0.25, -0.2) is 14.2 Å². The molecule has 144 valence electrons. The second kappa shape index (κ2) is 7.64. The molecule has 2 aromatic rings. The van der Waals surface area contributed by atoms with E-state index in [1.54, 1.807) is 26.0 Å². The molecule has 1 aromatic heterocycles. The highest BCUT2D eigenvalue weighted by Gasteiger charge is 2.34. The molecule has 0 aliphatic carbocycles. The maximum Gasteiger partial charge on any atom is 0.357 e. The van der Waals surface area contributed by atoms with Crippen LogP contribution in [0.1, 0.15) is 48.8 Å². The van der Waals surface area contributed by atoms with Gasteiger partial charge in [0.25, 0.3) is 0 Å². The predicted molar refractivity (Wildman–Crippen MR) is 99.4 cm³/mol. The summed E-state index contributed by atoms with van der Waals surface area (Å²) in [5.41, 5.74) is 1.88. The molecule has 1 aromatic carbocycles. The van der Waals surface area contributed by atoms with E-state index in [2.05, 4.69) is 4.98 Å². The van der Waals surface area contributed by atoms with Gasteiger partial charge < -0.3 is 14.6 Å². The Hall–Kier alpha value is -2.47. The number of hydrogen-bond donors (Lipinski definition) is 1. The molecule has 5 nitrogen and oxygen atoms in total. The van der Waals surface area contributed by atoms with E-state index in [0.29, 0.717) is 24.0 Å². The average molecular weight is 373 g/mol. The number of aryl methyl sites for hydroxylation is 1. The highest BCUT2D eigenvalue weighted by molar-refractivity contribution is 5.90. The van der Waals surface area contributed by atoms with Crippen molar-refractivity contribution >= 4 is 5.97 Å². The standard InChI is InChI=1S/C21H24FNO4/c1-4-13-6-7-14(17(22)10-13)16-11-18(20(25)26-5-2)23-19-15(16)8-9-21(3,12-24)27-19/h6-7,10-11,24H,4-5,8-9,12H2,1-3H3. The number of carbonyl (C=O) groups excluding carboxylic acids is 1. The summed E-state index contributed by atoms with van der Waals surface area (Å²) in [5.74, 6) is -0.697. The van der Waals surface area contributed by atoms with Crippen LogP contribution in [0, 0.1) is 5.82 Å². The summed E-state index contributed by atoms with van der Waals surface area (Å²) >= 11 is 0. The average Bonchev–Trinajstić information content (AvgIpc) is 2.67.